The number of carbonyl (C=O) groups is 3. The molecule has 8 heteroatoms. The Bertz CT molecular complexity index is 817. The van der Waals surface area contributed by atoms with Crippen LogP contribution in [-0.2, 0) is 14.4 Å². The lowest BCUT2D eigenvalue weighted by molar-refractivity contribution is -0.127. The number of carbonyl (C=O) groups excluding carboxylic acids is 3. The van der Waals surface area contributed by atoms with E-state index in [2.05, 4.69) is 21.6 Å². The lowest BCUT2D eigenvalue weighted by Crippen LogP contribution is -2.46. The van der Waals surface area contributed by atoms with Crippen LogP contribution in [0.15, 0.2) is 18.2 Å². The molecule has 0 aliphatic carbocycles. The van der Waals surface area contributed by atoms with Crippen molar-refractivity contribution in [2.45, 2.75) is 57.9 Å². The first kappa shape index (κ1) is 26.0. The maximum absolute atomic E-state index is 12.6. The third-order valence-corrected chi connectivity index (χ3v) is 7.31. The molecule has 0 aromatic heterocycles. The number of piperidine rings is 2. The molecule has 2 N–H and O–H groups in total. The van der Waals surface area contributed by atoms with Gasteiger partial charge in [-0.2, -0.15) is 0 Å². The minimum Gasteiger partial charge on any atom is -0.374 e. The topological polar surface area (TPSA) is 85.0 Å². The SMILES string of the molecule is CCCC(C(=O)NC=O)N(C=O)c1cccc(N2CCC(CC3CCNCC3)CC2)c1N(C)C. The van der Waals surface area contributed by atoms with E-state index in [0.29, 0.717) is 31.3 Å². The largest absolute Gasteiger partial charge is 0.374 e. The third kappa shape index (κ3) is 6.29. The van der Waals surface area contributed by atoms with Crippen LogP contribution in [0, 0.1) is 11.8 Å². The van der Waals surface area contributed by atoms with E-state index in [4.69, 9.17) is 0 Å². The Hall–Kier alpha value is -2.61. The van der Waals surface area contributed by atoms with Gasteiger partial charge in [-0.3, -0.25) is 19.7 Å². The van der Waals surface area contributed by atoms with Gasteiger partial charge in [-0.05, 0) is 75.6 Å². The zero-order valence-electron chi connectivity index (χ0n) is 21.0. The van der Waals surface area contributed by atoms with Crippen LogP contribution in [0.5, 0.6) is 0 Å². The second-order valence-electron chi connectivity index (χ2n) is 9.84. The van der Waals surface area contributed by atoms with Gasteiger partial charge >= 0.3 is 0 Å². The van der Waals surface area contributed by atoms with Gasteiger partial charge in [0.25, 0.3) is 0 Å². The van der Waals surface area contributed by atoms with Gasteiger partial charge in [0.2, 0.25) is 18.7 Å². The summed E-state index contributed by atoms with van der Waals surface area (Å²) >= 11 is 0. The number of para-hydroxylation sites is 1. The normalized spacial score (nSPS) is 18.3. The van der Waals surface area contributed by atoms with Gasteiger partial charge in [0.15, 0.2) is 0 Å². The van der Waals surface area contributed by atoms with Crippen LogP contribution < -0.4 is 25.3 Å². The molecule has 188 valence electrons. The Kier molecular flexibility index (Phi) is 9.74. The number of rotatable bonds is 11. The Morgan fingerprint density at radius 1 is 1.15 bits per heavy atom. The zero-order chi connectivity index (χ0) is 24.5. The predicted molar refractivity (Wildman–Crippen MR) is 137 cm³/mol. The van der Waals surface area contributed by atoms with Crippen molar-refractivity contribution in [1.29, 1.82) is 0 Å². The molecular weight excluding hydrogens is 430 g/mol. The third-order valence-electron chi connectivity index (χ3n) is 7.31. The average Bonchev–Trinajstić information content (AvgIpc) is 2.85. The second-order valence-corrected chi connectivity index (χ2v) is 9.84. The van der Waals surface area contributed by atoms with Crippen molar-refractivity contribution in [1.82, 2.24) is 10.6 Å². The quantitative estimate of drug-likeness (QED) is 0.483. The van der Waals surface area contributed by atoms with Crippen LogP contribution in [0.25, 0.3) is 0 Å². The molecule has 0 radical (unpaired) electrons. The average molecular weight is 472 g/mol. The van der Waals surface area contributed by atoms with Crippen molar-refractivity contribution in [2.75, 3.05) is 55.0 Å². The lowest BCUT2D eigenvalue weighted by atomic mass is 9.83. The summed E-state index contributed by atoms with van der Waals surface area (Å²) in [5, 5.41) is 5.69. The van der Waals surface area contributed by atoms with Crippen molar-refractivity contribution < 1.29 is 14.4 Å². The van der Waals surface area contributed by atoms with Crippen molar-refractivity contribution in [3.8, 4) is 0 Å². The van der Waals surface area contributed by atoms with Crippen LogP contribution in [0.4, 0.5) is 17.1 Å². The molecule has 2 saturated heterocycles. The number of amides is 3. The predicted octanol–water partition coefficient (Wildman–Crippen LogP) is 2.76. The van der Waals surface area contributed by atoms with Crippen molar-refractivity contribution in [2.24, 2.45) is 11.8 Å². The zero-order valence-corrected chi connectivity index (χ0v) is 21.0. The van der Waals surface area contributed by atoms with Crippen LogP contribution in [-0.4, -0.2) is 65.0 Å². The van der Waals surface area contributed by atoms with Crippen LogP contribution in [0.2, 0.25) is 0 Å². The number of hydrogen-bond acceptors (Lipinski definition) is 6. The lowest BCUT2D eigenvalue weighted by Gasteiger charge is -2.39. The van der Waals surface area contributed by atoms with Gasteiger partial charge in [-0.25, -0.2) is 0 Å². The van der Waals surface area contributed by atoms with E-state index >= 15 is 0 Å². The van der Waals surface area contributed by atoms with Gasteiger partial charge < -0.3 is 20.0 Å². The van der Waals surface area contributed by atoms with E-state index < -0.39 is 11.9 Å². The molecule has 1 unspecified atom stereocenters. The number of hydrogen-bond donors (Lipinski definition) is 2. The highest BCUT2D eigenvalue weighted by Gasteiger charge is 2.30. The Labute approximate surface area is 204 Å². The molecule has 0 saturated carbocycles. The van der Waals surface area contributed by atoms with E-state index in [9.17, 15) is 14.4 Å². The molecule has 1 aromatic carbocycles. The standard InChI is InChI=1S/C26H41N5O3/c1-4-6-24(26(34)28-18-32)31(19-33)23-8-5-7-22(25(23)29(2)3)30-15-11-21(12-16-30)17-20-9-13-27-14-10-20/h5,7-8,18-21,24,27H,4,6,9-17H2,1-3H3,(H,28,32,34). The highest BCUT2D eigenvalue weighted by atomic mass is 16.2. The maximum Gasteiger partial charge on any atom is 0.249 e. The van der Waals surface area contributed by atoms with Gasteiger partial charge in [0.05, 0.1) is 17.1 Å². The Balaban J connectivity index is 1.81. The summed E-state index contributed by atoms with van der Waals surface area (Å²) in [5.74, 6) is 1.17. The molecule has 2 fully saturated rings. The highest BCUT2D eigenvalue weighted by Crippen LogP contribution is 2.40. The number of benzene rings is 1. The van der Waals surface area contributed by atoms with Crippen LogP contribution >= 0.6 is 0 Å². The fraction of sp³-hybridized carbons (Fsp3) is 0.654. The Morgan fingerprint density at radius 3 is 2.41 bits per heavy atom. The maximum atomic E-state index is 12.6. The smallest absolute Gasteiger partial charge is 0.249 e. The van der Waals surface area contributed by atoms with E-state index in [0.717, 1.165) is 49.4 Å². The van der Waals surface area contributed by atoms with Gasteiger partial charge in [-0.15, -0.1) is 0 Å². The summed E-state index contributed by atoms with van der Waals surface area (Å²) in [5.41, 5.74) is 2.70. The van der Waals surface area contributed by atoms with Gasteiger partial charge in [0.1, 0.15) is 6.04 Å². The summed E-state index contributed by atoms with van der Waals surface area (Å²) in [7, 11) is 3.94. The summed E-state index contributed by atoms with van der Waals surface area (Å²) in [6.45, 7) is 6.25. The number of nitrogens with one attached hydrogen (secondary N) is 2. The first-order chi connectivity index (χ1) is 16.5. The number of nitrogens with zero attached hydrogens (tertiary/aromatic N) is 3. The molecule has 3 amide bonds. The van der Waals surface area contributed by atoms with E-state index in [1.54, 1.807) is 0 Å². The molecule has 34 heavy (non-hydrogen) atoms. The summed E-state index contributed by atoms with van der Waals surface area (Å²) in [4.78, 5) is 41.7. The highest BCUT2D eigenvalue weighted by molar-refractivity contribution is 6.00. The van der Waals surface area contributed by atoms with Gasteiger partial charge in [-0.1, -0.05) is 19.4 Å². The van der Waals surface area contributed by atoms with Crippen molar-refractivity contribution in [3.63, 3.8) is 0 Å². The second kappa shape index (κ2) is 12.7. The van der Waals surface area contributed by atoms with E-state index in [1.165, 1.54) is 37.0 Å². The number of anilines is 3. The molecule has 2 heterocycles. The minimum absolute atomic E-state index is 0.380. The van der Waals surface area contributed by atoms with Crippen LogP contribution in [0.1, 0.15) is 51.9 Å². The molecule has 0 spiro atoms. The molecule has 8 nitrogen and oxygen atoms in total. The molecule has 2 aliphatic rings. The molecule has 0 bridgehead atoms. The first-order valence-electron chi connectivity index (χ1n) is 12.7. The molecule has 2 aliphatic heterocycles. The van der Waals surface area contributed by atoms with E-state index in [-0.39, 0.29) is 0 Å². The molecule has 3 rings (SSSR count). The van der Waals surface area contributed by atoms with Crippen LogP contribution in [0.3, 0.4) is 0 Å². The monoisotopic (exact) mass is 471 g/mol. The molecular formula is C26H41N5O3. The summed E-state index contributed by atoms with van der Waals surface area (Å²) < 4.78 is 0. The van der Waals surface area contributed by atoms with Gasteiger partial charge in [0, 0.05) is 27.2 Å². The number of imide groups is 1. The first-order valence-corrected chi connectivity index (χ1v) is 12.7. The molecule has 1 aromatic rings. The fourth-order valence-corrected chi connectivity index (χ4v) is 5.56. The fourth-order valence-electron chi connectivity index (χ4n) is 5.56. The van der Waals surface area contributed by atoms with Crippen molar-refractivity contribution in [3.05, 3.63) is 18.2 Å². The minimum atomic E-state index is -0.739. The Morgan fingerprint density at radius 2 is 1.82 bits per heavy atom. The summed E-state index contributed by atoms with van der Waals surface area (Å²) in [6.07, 6.45) is 8.56. The van der Waals surface area contributed by atoms with E-state index in [1.807, 2.05) is 38.1 Å². The summed E-state index contributed by atoms with van der Waals surface area (Å²) in [6, 6.07) is 5.21. The van der Waals surface area contributed by atoms with Crippen molar-refractivity contribution >= 4 is 35.8 Å². The molecule has 1 atom stereocenters.